The molecule has 1 aliphatic rings. The van der Waals surface area contributed by atoms with Crippen molar-refractivity contribution in [1.82, 2.24) is 0 Å². The molecule has 0 radical (unpaired) electrons. The third-order valence-corrected chi connectivity index (χ3v) is 4.49. The molecular weight excluding hydrogens is 340 g/mol. The number of phenols is 2. The third kappa shape index (κ3) is 3.88. The Balaban J connectivity index is 2.04. The largest absolute Gasteiger partial charge is 0.508 e. The van der Waals surface area contributed by atoms with Crippen molar-refractivity contribution in [2.75, 3.05) is 0 Å². The molecule has 1 heterocycles. The second kappa shape index (κ2) is 6.83. The number of aromatic hydroxyl groups is 2. The van der Waals surface area contributed by atoms with Gasteiger partial charge in [-0.2, -0.15) is 5.26 Å². The first kappa shape index (κ1) is 18.0. The van der Waals surface area contributed by atoms with E-state index in [0.717, 1.165) is 6.92 Å². The van der Waals surface area contributed by atoms with Gasteiger partial charge in [-0.15, -0.1) is 0 Å². The maximum absolute atomic E-state index is 13.7. The van der Waals surface area contributed by atoms with Crippen LogP contribution in [-0.2, 0) is 12.8 Å². The number of hydrogen-bond acceptors (Lipinski definition) is 4. The van der Waals surface area contributed by atoms with Gasteiger partial charge in [-0.05, 0) is 48.7 Å². The summed E-state index contributed by atoms with van der Waals surface area (Å²) in [6, 6.07) is 11.3. The predicted octanol–water partition coefficient (Wildman–Crippen LogP) is 4.50. The summed E-state index contributed by atoms with van der Waals surface area (Å²) in [4.78, 5) is 0. The number of rotatable bonds is 4. The number of nitrogens with zero attached hydrogens (tertiary/aromatic N) is 1. The Labute approximate surface area is 150 Å². The zero-order valence-electron chi connectivity index (χ0n) is 14.2. The molecule has 1 aliphatic heterocycles. The second-order valence-corrected chi connectivity index (χ2v) is 6.80. The van der Waals surface area contributed by atoms with Gasteiger partial charge in [0.2, 0.25) is 5.92 Å². The smallest absolute Gasteiger partial charge is 0.245 e. The first-order valence-corrected chi connectivity index (χ1v) is 8.32. The fourth-order valence-electron chi connectivity index (χ4n) is 3.51. The van der Waals surface area contributed by atoms with Crippen molar-refractivity contribution < 1.29 is 23.7 Å². The highest BCUT2D eigenvalue weighted by atomic mass is 19.3. The number of phenolic OH excluding ortho intramolecular Hbond substituents is 2. The fourth-order valence-corrected chi connectivity index (χ4v) is 3.51. The van der Waals surface area contributed by atoms with Gasteiger partial charge in [0.25, 0.3) is 0 Å². The molecule has 0 fully saturated rings. The average Bonchev–Trinajstić information content (AvgIpc) is 2.54. The standard InChI is InChI=1S/C20H19F2NO3/c1-20(21,22)11-15-8-14-10-17(25)9-13(6-7-23)19(14)26-18(15)12-2-4-16(24)5-3-12/h2-5,9-10,15,18,24-25H,6,8,11H2,1H3/t15-,18+/m1/s1. The Kier molecular flexibility index (Phi) is 4.73. The Morgan fingerprint density at radius 3 is 2.50 bits per heavy atom. The van der Waals surface area contributed by atoms with Gasteiger partial charge < -0.3 is 14.9 Å². The van der Waals surface area contributed by atoms with Gasteiger partial charge in [-0.3, -0.25) is 0 Å². The second-order valence-electron chi connectivity index (χ2n) is 6.80. The monoisotopic (exact) mass is 359 g/mol. The van der Waals surface area contributed by atoms with Gasteiger partial charge in [-0.1, -0.05) is 12.1 Å². The molecule has 0 unspecified atom stereocenters. The van der Waals surface area contributed by atoms with E-state index in [1.165, 1.54) is 24.3 Å². The Morgan fingerprint density at radius 1 is 1.19 bits per heavy atom. The van der Waals surface area contributed by atoms with Crippen LogP contribution >= 0.6 is 0 Å². The van der Waals surface area contributed by atoms with Crippen LogP contribution in [0.3, 0.4) is 0 Å². The summed E-state index contributed by atoms with van der Waals surface area (Å²) >= 11 is 0. The van der Waals surface area contributed by atoms with Gasteiger partial charge in [0, 0.05) is 17.9 Å². The molecule has 6 heteroatoms. The topological polar surface area (TPSA) is 73.5 Å². The lowest BCUT2D eigenvalue weighted by Crippen LogP contribution is -2.31. The Morgan fingerprint density at radius 2 is 1.88 bits per heavy atom. The van der Waals surface area contributed by atoms with Crippen molar-refractivity contribution in [2.45, 2.75) is 38.2 Å². The van der Waals surface area contributed by atoms with E-state index < -0.39 is 17.9 Å². The van der Waals surface area contributed by atoms with E-state index in [4.69, 9.17) is 10.00 Å². The average molecular weight is 359 g/mol. The number of alkyl halides is 2. The molecule has 0 aliphatic carbocycles. The van der Waals surface area contributed by atoms with Gasteiger partial charge >= 0.3 is 0 Å². The van der Waals surface area contributed by atoms with Crippen LogP contribution < -0.4 is 4.74 Å². The molecule has 4 nitrogen and oxygen atoms in total. The highest BCUT2D eigenvalue weighted by molar-refractivity contribution is 5.50. The van der Waals surface area contributed by atoms with E-state index in [2.05, 4.69) is 0 Å². The van der Waals surface area contributed by atoms with Crippen LogP contribution in [0.1, 0.15) is 36.1 Å². The number of fused-ring (bicyclic) bond motifs is 1. The molecule has 0 bridgehead atoms. The number of ether oxygens (including phenoxy) is 1. The van der Waals surface area contributed by atoms with E-state index in [-0.39, 0.29) is 24.3 Å². The normalized spacial score (nSPS) is 19.3. The van der Waals surface area contributed by atoms with Crippen LogP contribution in [0, 0.1) is 17.2 Å². The molecule has 0 saturated heterocycles. The molecule has 2 N–H and O–H groups in total. The van der Waals surface area contributed by atoms with Crippen LogP contribution in [0.5, 0.6) is 17.2 Å². The summed E-state index contributed by atoms with van der Waals surface area (Å²) in [5, 5.41) is 28.4. The summed E-state index contributed by atoms with van der Waals surface area (Å²) in [5.41, 5.74) is 1.84. The molecule has 0 aromatic heterocycles. The van der Waals surface area contributed by atoms with Crippen molar-refractivity contribution in [3.8, 4) is 23.3 Å². The van der Waals surface area contributed by atoms with Crippen molar-refractivity contribution in [3.05, 3.63) is 53.1 Å². The molecule has 2 atom stereocenters. The summed E-state index contributed by atoms with van der Waals surface area (Å²) in [7, 11) is 0. The van der Waals surface area contributed by atoms with E-state index in [0.29, 0.717) is 28.9 Å². The van der Waals surface area contributed by atoms with Crippen LogP contribution in [0.25, 0.3) is 0 Å². The molecular formula is C20H19F2NO3. The first-order chi connectivity index (χ1) is 12.3. The minimum absolute atomic E-state index is 0.0114. The van der Waals surface area contributed by atoms with Crippen LogP contribution in [0.15, 0.2) is 36.4 Å². The van der Waals surface area contributed by atoms with E-state index in [1.54, 1.807) is 12.1 Å². The molecule has 2 aromatic carbocycles. The lowest BCUT2D eigenvalue weighted by Gasteiger charge is -2.36. The number of nitriles is 1. The number of benzene rings is 2. The van der Waals surface area contributed by atoms with Crippen molar-refractivity contribution in [3.63, 3.8) is 0 Å². The zero-order valence-corrected chi connectivity index (χ0v) is 14.2. The lowest BCUT2D eigenvalue weighted by molar-refractivity contribution is -0.0290. The lowest BCUT2D eigenvalue weighted by atomic mass is 9.82. The summed E-state index contributed by atoms with van der Waals surface area (Å²) in [5.74, 6) is -2.84. The van der Waals surface area contributed by atoms with Gasteiger partial charge in [0.1, 0.15) is 23.4 Å². The maximum Gasteiger partial charge on any atom is 0.245 e. The van der Waals surface area contributed by atoms with Crippen LogP contribution in [0.4, 0.5) is 8.78 Å². The SMILES string of the molecule is CC(F)(F)C[C@H]1Cc2cc(O)cc(CC#N)c2O[C@H]1c1ccc(O)cc1. The Hall–Kier alpha value is -2.81. The third-order valence-electron chi connectivity index (χ3n) is 4.49. The zero-order chi connectivity index (χ0) is 18.9. The van der Waals surface area contributed by atoms with Crippen molar-refractivity contribution >= 4 is 0 Å². The predicted molar refractivity (Wildman–Crippen MR) is 91.3 cm³/mol. The van der Waals surface area contributed by atoms with Crippen molar-refractivity contribution in [2.24, 2.45) is 5.92 Å². The minimum atomic E-state index is -2.87. The van der Waals surface area contributed by atoms with E-state index in [1.807, 2.05) is 6.07 Å². The molecule has 0 saturated carbocycles. The molecule has 136 valence electrons. The maximum atomic E-state index is 13.7. The highest BCUT2D eigenvalue weighted by Crippen LogP contribution is 2.45. The first-order valence-electron chi connectivity index (χ1n) is 8.32. The Bertz CT molecular complexity index is 838. The van der Waals surface area contributed by atoms with E-state index >= 15 is 0 Å². The quantitative estimate of drug-likeness (QED) is 0.843. The van der Waals surface area contributed by atoms with Gasteiger partial charge in [0.05, 0.1) is 12.5 Å². The van der Waals surface area contributed by atoms with Crippen LogP contribution in [-0.4, -0.2) is 16.1 Å². The molecule has 0 amide bonds. The number of hydrogen-bond donors (Lipinski definition) is 2. The number of halogens is 2. The van der Waals surface area contributed by atoms with Crippen LogP contribution in [0.2, 0.25) is 0 Å². The minimum Gasteiger partial charge on any atom is -0.508 e. The summed E-state index contributed by atoms with van der Waals surface area (Å²) in [6.07, 6.45) is -0.651. The fraction of sp³-hybridized carbons (Fsp3) is 0.350. The highest BCUT2D eigenvalue weighted by Gasteiger charge is 2.38. The summed E-state index contributed by atoms with van der Waals surface area (Å²) in [6.45, 7) is 0.875. The molecule has 0 spiro atoms. The van der Waals surface area contributed by atoms with Gasteiger partial charge in [-0.25, -0.2) is 8.78 Å². The molecule has 26 heavy (non-hydrogen) atoms. The molecule has 2 aromatic rings. The van der Waals surface area contributed by atoms with E-state index in [9.17, 15) is 19.0 Å². The summed E-state index contributed by atoms with van der Waals surface area (Å²) < 4.78 is 33.5. The van der Waals surface area contributed by atoms with Gasteiger partial charge in [0.15, 0.2) is 0 Å². The van der Waals surface area contributed by atoms with Crippen molar-refractivity contribution in [1.29, 1.82) is 5.26 Å². The molecule has 3 rings (SSSR count).